The van der Waals surface area contributed by atoms with Gasteiger partial charge in [0.15, 0.2) is 15.7 Å². The van der Waals surface area contributed by atoms with Gasteiger partial charge in [0.25, 0.3) is 0 Å². The lowest BCUT2D eigenvalue weighted by Crippen LogP contribution is -2.39. The topological polar surface area (TPSA) is 103 Å². The van der Waals surface area contributed by atoms with Gasteiger partial charge in [-0.25, -0.2) is 9.78 Å². The summed E-state index contributed by atoms with van der Waals surface area (Å²) in [4.78, 5) is 27.7. The fourth-order valence-corrected chi connectivity index (χ4v) is 4.76. The van der Waals surface area contributed by atoms with Crippen LogP contribution in [-0.2, 0) is 20.9 Å². The molecule has 0 amide bonds. The molecule has 2 aromatic rings. The van der Waals surface area contributed by atoms with Crippen LogP contribution in [0.2, 0.25) is 0 Å². The van der Waals surface area contributed by atoms with Crippen LogP contribution in [0.15, 0.2) is 57.3 Å². The number of rotatable bonds is 5. The maximum atomic E-state index is 12.6. The molecule has 1 fully saturated rings. The van der Waals surface area contributed by atoms with Crippen molar-refractivity contribution in [2.45, 2.75) is 17.4 Å². The van der Waals surface area contributed by atoms with Crippen LogP contribution >= 0.6 is 11.3 Å². The molecule has 10 heteroatoms. The second kappa shape index (κ2) is 7.77. The Morgan fingerprint density at radius 2 is 2.37 bits per heavy atom. The van der Waals surface area contributed by atoms with Crippen molar-refractivity contribution < 1.29 is 14.1 Å². The largest absolute Gasteiger partial charge is 0.593 e. The minimum atomic E-state index is -1.39. The Morgan fingerprint density at radius 1 is 1.48 bits per heavy atom. The van der Waals surface area contributed by atoms with Gasteiger partial charge in [0.2, 0.25) is 0 Å². The summed E-state index contributed by atoms with van der Waals surface area (Å²) in [5.41, 5.74) is 1.39. The number of aliphatic imine (C=N–C) groups is 1. The number of hydrogen-bond acceptors (Lipinski definition) is 9. The number of esters is 1. The van der Waals surface area contributed by atoms with Gasteiger partial charge in [-0.3, -0.25) is 9.98 Å². The summed E-state index contributed by atoms with van der Waals surface area (Å²) in [6, 6.07) is 3.40. The van der Waals surface area contributed by atoms with Gasteiger partial charge in [0.05, 0.1) is 42.8 Å². The first-order valence-corrected chi connectivity index (χ1v) is 10.3. The molecule has 2 atom stereocenters. The van der Waals surface area contributed by atoms with Crippen molar-refractivity contribution in [3.05, 3.63) is 52.4 Å². The van der Waals surface area contributed by atoms with Gasteiger partial charge >= 0.3 is 5.97 Å². The third kappa shape index (κ3) is 3.61. The molecule has 4 rings (SSSR count). The van der Waals surface area contributed by atoms with Gasteiger partial charge < -0.3 is 14.2 Å². The number of hydrogen-bond donors (Lipinski definition) is 1. The van der Waals surface area contributed by atoms with E-state index < -0.39 is 11.4 Å². The van der Waals surface area contributed by atoms with Crippen LogP contribution in [0.4, 0.5) is 0 Å². The fourth-order valence-electron chi connectivity index (χ4n) is 3.15. The Labute approximate surface area is 163 Å². The molecule has 0 aliphatic carbocycles. The van der Waals surface area contributed by atoms with Crippen LogP contribution in [0, 0.1) is 0 Å². The van der Waals surface area contributed by atoms with Crippen LogP contribution in [-0.4, -0.2) is 57.5 Å². The maximum Gasteiger partial charge on any atom is 0.337 e. The normalized spacial score (nSPS) is 20.3. The molecule has 2 aliphatic rings. The number of carbonyl (C=O) groups is 1. The minimum Gasteiger partial charge on any atom is -0.593 e. The van der Waals surface area contributed by atoms with Gasteiger partial charge in [-0.2, -0.15) is 0 Å². The number of thiazole rings is 1. The molecule has 2 aromatic heterocycles. The summed E-state index contributed by atoms with van der Waals surface area (Å²) in [5, 5.41) is 2.69. The molecule has 27 heavy (non-hydrogen) atoms. The molecule has 0 aromatic carbocycles. The summed E-state index contributed by atoms with van der Waals surface area (Å²) in [6.07, 6.45) is 5.50. The van der Waals surface area contributed by atoms with E-state index in [1.54, 1.807) is 30.7 Å². The molecule has 8 nitrogen and oxygen atoms in total. The van der Waals surface area contributed by atoms with Crippen LogP contribution < -0.4 is 4.72 Å². The maximum absolute atomic E-state index is 12.6. The SMILES string of the molecule is COC(=O)C1=C2CC(N[S+]([O-])c3cccnc3)CN2C(c2nccs2)=NC1. The predicted octanol–water partition coefficient (Wildman–Crippen LogP) is 1.11. The quantitative estimate of drug-likeness (QED) is 0.589. The molecular formula is C17H17N5O3S2. The number of carbonyl (C=O) groups excluding carboxylic acids is 1. The minimum absolute atomic E-state index is 0.107. The third-order valence-corrected chi connectivity index (χ3v) is 6.32. The lowest BCUT2D eigenvalue weighted by atomic mass is 10.1. The van der Waals surface area contributed by atoms with Crippen LogP contribution in [0.25, 0.3) is 0 Å². The average Bonchev–Trinajstić information content (AvgIpc) is 3.37. The Bertz CT molecular complexity index is 885. The third-order valence-electron chi connectivity index (χ3n) is 4.34. The molecule has 0 radical (unpaired) electrons. The molecule has 1 saturated heterocycles. The van der Waals surface area contributed by atoms with E-state index in [0.29, 0.717) is 23.4 Å². The number of methoxy groups -OCH3 is 1. The highest BCUT2D eigenvalue weighted by Crippen LogP contribution is 2.32. The first kappa shape index (κ1) is 18.1. The van der Waals surface area contributed by atoms with E-state index in [-0.39, 0.29) is 18.6 Å². The van der Waals surface area contributed by atoms with Gasteiger partial charge in [-0.05, 0) is 12.1 Å². The van der Waals surface area contributed by atoms with Crippen molar-refractivity contribution in [3.8, 4) is 0 Å². The van der Waals surface area contributed by atoms with E-state index >= 15 is 0 Å². The van der Waals surface area contributed by atoms with Crippen molar-refractivity contribution >= 4 is 34.5 Å². The van der Waals surface area contributed by atoms with E-state index in [1.165, 1.54) is 18.4 Å². The highest BCUT2D eigenvalue weighted by atomic mass is 32.2. The zero-order valence-corrected chi connectivity index (χ0v) is 16.1. The van der Waals surface area contributed by atoms with Gasteiger partial charge in [0.1, 0.15) is 0 Å². The highest BCUT2D eigenvalue weighted by Gasteiger charge is 2.39. The second-order valence-electron chi connectivity index (χ2n) is 5.98. The van der Waals surface area contributed by atoms with Crippen LogP contribution in [0.1, 0.15) is 11.4 Å². The van der Waals surface area contributed by atoms with Gasteiger partial charge in [-0.15, -0.1) is 16.1 Å². The Kier molecular flexibility index (Phi) is 5.21. The van der Waals surface area contributed by atoms with Crippen molar-refractivity contribution in [1.82, 2.24) is 19.6 Å². The van der Waals surface area contributed by atoms with Crippen LogP contribution in [0.5, 0.6) is 0 Å². The molecule has 0 spiro atoms. The summed E-state index contributed by atoms with van der Waals surface area (Å²) in [6.45, 7) is 0.798. The molecule has 0 saturated carbocycles. The first-order valence-electron chi connectivity index (χ1n) is 8.27. The summed E-state index contributed by atoms with van der Waals surface area (Å²) < 4.78 is 20.6. The number of pyridine rings is 1. The van der Waals surface area contributed by atoms with E-state index in [2.05, 4.69) is 19.7 Å². The average molecular weight is 403 g/mol. The Hall–Kier alpha value is -2.27. The number of fused-ring (bicyclic) bond motifs is 1. The molecule has 2 unspecified atom stereocenters. The zero-order valence-electron chi connectivity index (χ0n) is 14.5. The summed E-state index contributed by atoms with van der Waals surface area (Å²) >= 11 is 0.106. The predicted molar refractivity (Wildman–Crippen MR) is 101 cm³/mol. The van der Waals surface area contributed by atoms with Crippen molar-refractivity contribution in [2.24, 2.45) is 4.99 Å². The number of aromatic nitrogens is 2. The standard InChI is InChI=1S/C17H17N5O3S2/c1-25-17(23)13-9-20-15(16-19-5-6-26-16)22-10-11(7-14(13)22)21-27(24)12-3-2-4-18-8-12/h2-6,8,11,21H,7,9-10H2,1H3. The van der Waals surface area contributed by atoms with Crippen LogP contribution in [0.3, 0.4) is 0 Å². The summed E-state index contributed by atoms with van der Waals surface area (Å²) in [7, 11) is 1.36. The van der Waals surface area contributed by atoms with E-state index in [9.17, 15) is 9.35 Å². The van der Waals surface area contributed by atoms with E-state index in [4.69, 9.17) is 4.74 Å². The monoisotopic (exact) mass is 403 g/mol. The van der Waals surface area contributed by atoms with Crippen molar-refractivity contribution in [2.75, 3.05) is 20.2 Å². The number of nitrogens with zero attached hydrogens (tertiary/aromatic N) is 4. The number of amidine groups is 1. The lowest BCUT2D eigenvalue weighted by Gasteiger charge is -2.26. The Balaban J connectivity index is 1.58. The summed E-state index contributed by atoms with van der Waals surface area (Å²) in [5.74, 6) is 0.357. The second-order valence-corrected chi connectivity index (χ2v) is 8.12. The molecule has 140 valence electrons. The van der Waals surface area contributed by atoms with Crippen molar-refractivity contribution in [1.29, 1.82) is 0 Å². The fraction of sp³-hybridized carbons (Fsp3) is 0.294. The van der Waals surface area contributed by atoms with Gasteiger partial charge in [0, 0.05) is 36.4 Å². The first-order chi connectivity index (χ1) is 13.2. The molecular weight excluding hydrogens is 386 g/mol. The molecule has 2 aliphatic heterocycles. The Morgan fingerprint density at radius 3 is 3.07 bits per heavy atom. The van der Waals surface area contributed by atoms with Crippen molar-refractivity contribution in [3.63, 3.8) is 0 Å². The highest BCUT2D eigenvalue weighted by molar-refractivity contribution is 7.89. The smallest absolute Gasteiger partial charge is 0.337 e. The van der Waals surface area contributed by atoms with E-state index in [0.717, 1.165) is 16.5 Å². The van der Waals surface area contributed by atoms with Gasteiger partial charge in [-0.1, -0.05) is 0 Å². The lowest BCUT2D eigenvalue weighted by molar-refractivity contribution is -0.136. The number of nitrogens with one attached hydrogen (secondary N) is 1. The molecule has 4 heterocycles. The van der Waals surface area contributed by atoms with E-state index in [1.807, 2.05) is 10.3 Å². The number of ether oxygens (including phenoxy) is 1. The molecule has 0 bridgehead atoms. The zero-order chi connectivity index (χ0) is 18.8. The molecule has 1 N–H and O–H groups in total.